The van der Waals surface area contributed by atoms with E-state index in [1.807, 2.05) is 17.2 Å². The molecule has 1 aromatic rings. The van der Waals surface area contributed by atoms with Crippen molar-refractivity contribution in [3.8, 4) is 0 Å². The molecule has 7 nitrogen and oxygen atoms in total. The van der Waals surface area contributed by atoms with Crippen molar-refractivity contribution in [3.05, 3.63) is 11.1 Å². The van der Waals surface area contributed by atoms with Gasteiger partial charge < -0.3 is 20.0 Å². The van der Waals surface area contributed by atoms with E-state index < -0.39 is 18.5 Å². The van der Waals surface area contributed by atoms with Crippen LogP contribution in [-0.4, -0.2) is 84.4 Å². The van der Waals surface area contributed by atoms with Crippen molar-refractivity contribution in [1.29, 1.82) is 0 Å². The molecule has 0 unspecified atom stereocenters. The van der Waals surface area contributed by atoms with Gasteiger partial charge in [-0.1, -0.05) is 0 Å². The Kier molecular flexibility index (Phi) is 5.26. The van der Waals surface area contributed by atoms with Gasteiger partial charge >= 0.3 is 0 Å². The summed E-state index contributed by atoms with van der Waals surface area (Å²) in [7, 11) is 0. The summed E-state index contributed by atoms with van der Waals surface area (Å²) in [5, 5.41) is 6.07. The lowest BCUT2D eigenvalue weighted by molar-refractivity contribution is -0.135. The minimum Gasteiger partial charge on any atom is -0.345 e. The first kappa shape index (κ1) is 19.5. The number of amides is 2. The van der Waals surface area contributed by atoms with Crippen molar-refractivity contribution in [2.75, 3.05) is 50.7 Å². The van der Waals surface area contributed by atoms with Crippen LogP contribution in [-0.2, 0) is 9.59 Å². The Morgan fingerprint density at radius 2 is 1.93 bits per heavy atom. The summed E-state index contributed by atoms with van der Waals surface area (Å²) in [6, 6.07) is -0.539. The van der Waals surface area contributed by atoms with Gasteiger partial charge in [-0.25, -0.2) is 13.8 Å². The van der Waals surface area contributed by atoms with Crippen LogP contribution in [0.2, 0.25) is 0 Å². The topological polar surface area (TPSA) is 68.8 Å². The number of likely N-dealkylation sites (tertiary alicyclic amines) is 1. The van der Waals surface area contributed by atoms with Gasteiger partial charge in [0.1, 0.15) is 0 Å². The van der Waals surface area contributed by atoms with E-state index in [2.05, 4.69) is 15.2 Å². The summed E-state index contributed by atoms with van der Waals surface area (Å²) < 4.78 is 26.7. The van der Waals surface area contributed by atoms with E-state index in [4.69, 9.17) is 0 Å². The molecule has 1 N–H and O–H groups in total. The number of nitrogens with one attached hydrogen (secondary N) is 1. The van der Waals surface area contributed by atoms with Gasteiger partial charge in [-0.2, -0.15) is 0 Å². The quantitative estimate of drug-likeness (QED) is 0.799. The van der Waals surface area contributed by atoms with Crippen LogP contribution in [0.3, 0.4) is 0 Å². The number of piperazine rings is 1. The monoisotopic (exact) mass is 413 g/mol. The molecule has 28 heavy (non-hydrogen) atoms. The third-order valence-corrected chi connectivity index (χ3v) is 6.75. The molecule has 0 radical (unpaired) electrons. The minimum absolute atomic E-state index is 0.0459. The second-order valence-corrected chi connectivity index (χ2v) is 8.68. The van der Waals surface area contributed by atoms with Crippen molar-refractivity contribution in [3.63, 3.8) is 0 Å². The summed E-state index contributed by atoms with van der Waals surface area (Å²) in [5.74, 6) is -3.33. The molecule has 2 atom stereocenters. The molecule has 4 rings (SSSR count). The fourth-order valence-corrected chi connectivity index (χ4v) is 4.98. The van der Waals surface area contributed by atoms with Gasteiger partial charge in [0.25, 0.3) is 5.92 Å². The normalized spacial score (nSPS) is 27.5. The molecule has 0 aliphatic carbocycles. The van der Waals surface area contributed by atoms with Gasteiger partial charge in [0.2, 0.25) is 11.8 Å². The smallest absolute Gasteiger partial charge is 0.267 e. The summed E-state index contributed by atoms with van der Waals surface area (Å²) in [4.78, 5) is 35.1. The predicted molar refractivity (Wildman–Crippen MR) is 102 cm³/mol. The highest BCUT2D eigenvalue weighted by Crippen LogP contribution is 2.29. The number of hydrogen-bond acceptors (Lipinski definition) is 6. The van der Waals surface area contributed by atoms with Gasteiger partial charge in [-0.05, 0) is 13.3 Å². The number of alkyl halides is 2. The Bertz CT molecular complexity index is 750. The average Bonchev–Trinajstić information content (AvgIpc) is 3.40. The van der Waals surface area contributed by atoms with Gasteiger partial charge in [0, 0.05) is 51.1 Å². The number of hydrogen-bond donors (Lipinski definition) is 1. The zero-order chi connectivity index (χ0) is 19.9. The number of carbonyl (C=O) groups excluding carboxylic acids is 2. The Morgan fingerprint density at radius 1 is 1.18 bits per heavy atom. The summed E-state index contributed by atoms with van der Waals surface area (Å²) >= 11 is 1.61. The van der Waals surface area contributed by atoms with Gasteiger partial charge in [-0.3, -0.25) is 9.59 Å². The summed E-state index contributed by atoms with van der Waals surface area (Å²) in [6.07, 6.45) is 0.0995. The zero-order valence-corrected chi connectivity index (χ0v) is 16.7. The maximum Gasteiger partial charge on any atom is 0.267 e. The lowest BCUT2D eigenvalue weighted by Crippen LogP contribution is -2.50. The van der Waals surface area contributed by atoms with E-state index in [9.17, 15) is 18.4 Å². The average molecular weight is 413 g/mol. The van der Waals surface area contributed by atoms with E-state index in [1.54, 1.807) is 11.3 Å². The molecule has 0 bridgehead atoms. The third-order valence-electron chi connectivity index (χ3n) is 5.73. The summed E-state index contributed by atoms with van der Waals surface area (Å²) in [5.41, 5.74) is 1.00. The van der Waals surface area contributed by atoms with Gasteiger partial charge in [0.05, 0.1) is 24.2 Å². The maximum absolute atomic E-state index is 13.4. The Morgan fingerprint density at radius 3 is 2.54 bits per heavy atom. The van der Waals surface area contributed by atoms with Gasteiger partial charge in [0.15, 0.2) is 5.13 Å². The van der Waals surface area contributed by atoms with E-state index in [1.165, 1.54) is 4.90 Å². The van der Waals surface area contributed by atoms with E-state index in [0.717, 1.165) is 23.9 Å². The van der Waals surface area contributed by atoms with Crippen LogP contribution in [0.25, 0.3) is 0 Å². The largest absolute Gasteiger partial charge is 0.345 e. The van der Waals surface area contributed by atoms with Crippen molar-refractivity contribution < 1.29 is 18.4 Å². The van der Waals surface area contributed by atoms with E-state index >= 15 is 0 Å². The van der Waals surface area contributed by atoms with Crippen LogP contribution in [0.15, 0.2) is 5.38 Å². The molecular formula is C18H25F2N5O2S. The van der Waals surface area contributed by atoms with Crippen molar-refractivity contribution in [1.82, 2.24) is 20.1 Å². The second-order valence-electron chi connectivity index (χ2n) is 7.84. The van der Waals surface area contributed by atoms with Crippen molar-refractivity contribution in [2.24, 2.45) is 5.92 Å². The number of aryl methyl sites for hydroxylation is 1. The second kappa shape index (κ2) is 7.55. The van der Waals surface area contributed by atoms with Gasteiger partial charge in [-0.15, -0.1) is 11.3 Å². The number of thiazole rings is 1. The lowest BCUT2D eigenvalue weighted by atomic mass is 10.0. The third kappa shape index (κ3) is 3.98. The number of anilines is 1. The minimum atomic E-state index is -2.79. The van der Waals surface area contributed by atoms with Crippen LogP contribution in [0.4, 0.5) is 13.9 Å². The molecule has 0 aromatic carbocycles. The molecule has 154 valence electrons. The highest BCUT2D eigenvalue weighted by molar-refractivity contribution is 7.13. The molecule has 0 saturated carbocycles. The molecule has 10 heteroatoms. The first-order chi connectivity index (χ1) is 13.3. The van der Waals surface area contributed by atoms with Crippen LogP contribution in [0.1, 0.15) is 18.5 Å². The van der Waals surface area contributed by atoms with Crippen LogP contribution in [0.5, 0.6) is 0 Å². The lowest BCUT2D eigenvalue weighted by Gasteiger charge is -2.35. The van der Waals surface area contributed by atoms with Crippen molar-refractivity contribution in [2.45, 2.75) is 31.7 Å². The first-order valence-electron chi connectivity index (χ1n) is 9.68. The van der Waals surface area contributed by atoms with Crippen LogP contribution < -0.4 is 10.2 Å². The Hall–Kier alpha value is -1.81. The molecule has 1 aromatic heterocycles. The summed E-state index contributed by atoms with van der Waals surface area (Å²) in [6.45, 7) is 4.70. The molecule has 3 aliphatic rings. The molecule has 3 saturated heterocycles. The van der Waals surface area contributed by atoms with E-state index in [0.29, 0.717) is 26.1 Å². The first-order valence-corrected chi connectivity index (χ1v) is 10.6. The number of carbonyl (C=O) groups is 2. The number of nitrogens with zero attached hydrogens (tertiary/aromatic N) is 4. The number of halogens is 2. The molecule has 3 fully saturated rings. The maximum atomic E-state index is 13.4. The molecule has 3 aliphatic heterocycles. The van der Waals surface area contributed by atoms with Crippen molar-refractivity contribution >= 4 is 28.3 Å². The number of rotatable bonds is 3. The predicted octanol–water partition coefficient (Wildman–Crippen LogP) is 0.946. The highest BCUT2D eigenvalue weighted by atomic mass is 32.1. The Labute approximate surface area is 166 Å². The van der Waals surface area contributed by atoms with E-state index in [-0.39, 0.29) is 30.7 Å². The Balaban J connectivity index is 1.28. The fourth-order valence-electron chi connectivity index (χ4n) is 4.12. The molecular weight excluding hydrogens is 388 g/mol. The zero-order valence-electron chi connectivity index (χ0n) is 15.9. The van der Waals surface area contributed by atoms with Crippen LogP contribution >= 0.6 is 11.3 Å². The highest BCUT2D eigenvalue weighted by Gasteiger charge is 2.44. The standard InChI is InChI=1S/C18H25F2N5O2S/c1-12-10-28-17(22-12)24-6-4-23(5-7-24)15(26)13-8-14(21-9-13)16(27)25-3-2-18(19,20)11-25/h10,13-14,21H,2-9,11H2,1H3/t13-,14-/m0/s1. The molecule has 2 amide bonds. The van der Waals surface area contributed by atoms with Crippen LogP contribution in [0, 0.1) is 12.8 Å². The number of aromatic nitrogens is 1. The fraction of sp³-hybridized carbons (Fsp3) is 0.722. The SMILES string of the molecule is Cc1csc(N2CCN(C(=O)[C@@H]3CN[C@H](C(=O)N4CCC(F)(F)C4)C3)CC2)n1. The molecule has 0 spiro atoms. The molecule has 4 heterocycles.